The first-order chi connectivity index (χ1) is 9.66. The maximum absolute atomic E-state index is 11.5. The van der Waals surface area contributed by atoms with Crippen LogP contribution >= 0.6 is 0 Å². The van der Waals surface area contributed by atoms with Crippen LogP contribution in [0.5, 0.6) is 0 Å². The first-order valence-corrected chi connectivity index (χ1v) is 6.22. The number of nitrogens with zero attached hydrogens (tertiary/aromatic N) is 2. The molecule has 0 saturated heterocycles. The summed E-state index contributed by atoms with van der Waals surface area (Å²) in [5.74, 6) is -0.958. The fraction of sp³-hybridized carbons (Fsp3) is 0.0625. The number of para-hydroxylation sites is 1. The highest BCUT2D eigenvalue weighted by Crippen LogP contribution is 2.25. The lowest BCUT2D eigenvalue weighted by Crippen LogP contribution is -2.01. The number of hydrogen-bond acceptors (Lipinski definition) is 3. The monoisotopic (exact) mass is 264 g/mol. The predicted molar refractivity (Wildman–Crippen MR) is 76.7 cm³/mol. The molecule has 0 aliphatic heterocycles. The molecule has 2 heterocycles. The van der Waals surface area contributed by atoms with Crippen molar-refractivity contribution in [1.82, 2.24) is 9.97 Å². The largest absolute Gasteiger partial charge is 0.478 e. The number of hydrogen-bond donors (Lipinski definition) is 1. The Labute approximate surface area is 115 Å². The van der Waals surface area contributed by atoms with E-state index in [1.807, 2.05) is 37.3 Å². The number of fused-ring (bicyclic) bond motifs is 1. The van der Waals surface area contributed by atoms with Crippen molar-refractivity contribution in [2.24, 2.45) is 0 Å². The second kappa shape index (κ2) is 4.74. The fourth-order valence-corrected chi connectivity index (χ4v) is 2.21. The molecule has 1 aromatic carbocycles. The first-order valence-electron chi connectivity index (χ1n) is 6.22. The van der Waals surface area contributed by atoms with E-state index >= 15 is 0 Å². The van der Waals surface area contributed by atoms with E-state index in [1.165, 1.54) is 0 Å². The van der Waals surface area contributed by atoms with Gasteiger partial charge in [-0.1, -0.05) is 24.3 Å². The standard InChI is InChI=1S/C16H12N2O2/c1-10-5-4-6-11-12(16(19)20)9-14(18-15(10)11)13-7-2-3-8-17-13/h2-9H,1H3,(H,19,20). The lowest BCUT2D eigenvalue weighted by Gasteiger charge is -2.08. The zero-order valence-electron chi connectivity index (χ0n) is 10.9. The van der Waals surface area contributed by atoms with Crippen molar-refractivity contribution >= 4 is 16.9 Å². The van der Waals surface area contributed by atoms with E-state index in [0.717, 1.165) is 5.56 Å². The minimum Gasteiger partial charge on any atom is -0.478 e. The molecule has 0 radical (unpaired) electrons. The maximum atomic E-state index is 11.5. The summed E-state index contributed by atoms with van der Waals surface area (Å²) in [5.41, 5.74) is 3.14. The van der Waals surface area contributed by atoms with Crippen LogP contribution < -0.4 is 0 Å². The number of carbonyl (C=O) groups is 1. The summed E-state index contributed by atoms with van der Waals surface area (Å²) >= 11 is 0. The Bertz CT molecular complexity index is 798. The molecule has 0 aliphatic rings. The van der Waals surface area contributed by atoms with E-state index in [1.54, 1.807) is 18.3 Å². The van der Waals surface area contributed by atoms with Crippen LogP contribution in [-0.4, -0.2) is 21.0 Å². The smallest absolute Gasteiger partial charge is 0.336 e. The summed E-state index contributed by atoms with van der Waals surface area (Å²) in [7, 11) is 0. The van der Waals surface area contributed by atoms with E-state index in [-0.39, 0.29) is 5.56 Å². The van der Waals surface area contributed by atoms with Gasteiger partial charge in [-0.05, 0) is 30.7 Å². The summed E-state index contributed by atoms with van der Waals surface area (Å²) in [4.78, 5) is 20.3. The lowest BCUT2D eigenvalue weighted by atomic mass is 10.0. The Morgan fingerprint density at radius 2 is 1.95 bits per heavy atom. The van der Waals surface area contributed by atoms with Crippen LogP contribution in [0.4, 0.5) is 0 Å². The summed E-state index contributed by atoms with van der Waals surface area (Å²) in [6.07, 6.45) is 1.67. The van der Waals surface area contributed by atoms with Gasteiger partial charge in [0.05, 0.1) is 22.5 Å². The summed E-state index contributed by atoms with van der Waals surface area (Å²) in [6.45, 7) is 1.92. The molecule has 2 aromatic heterocycles. The Morgan fingerprint density at radius 3 is 2.65 bits per heavy atom. The van der Waals surface area contributed by atoms with Gasteiger partial charge in [0, 0.05) is 11.6 Å². The Kier molecular flexibility index (Phi) is 2.91. The molecule has 0 saturated carbocycles. The van der Waals surface area contributed by atoms with Crippen LogP contribution in [0.15, 0.2) is 48.7 Å². The zero-order valence-corrected chi connectivity index (χ0v) is 10.9. The van der Waals surface area contributed by atoms with Crippen molar-refractivity contribution in [2.45, 2.75) is 6.92 Å². The van der Waals surface area contributed by atoms with Gasteiger partial charge in [-0.2, -0.15) is 0 Å². The van der Waals surface area contributed by atoms with Gasteiger partial charge in [0.25, 0.3) is 0 Å². The van der Waals surface area contributed by atoms with E-state index in [2.05, 4.69) is 9.97 Å². The number of aromatic carboxylic acids is 1. The Morgan fingerprint density at radius 1 is 1.10 bits per heavy atom. The molecule has 98 valence electrons. The zero-order chi connectivity index (χ0) is 14.1. The van der Waals surface area contributed by atoms with Crippen molar-refractivity contribution in [3.8, 4) is 11.4 Å². The van der Waals surface area contributed by atoms with Gasteiger partial charge in [0.15, 0.2) is 0 Å². The Hall–Kier alpha value is -2.75. The van der Waals surface area contributed by atoms with Gasteiger partial charge in [0.2, 0.25) is 0 Å². The number of carboxylic acids is 1. The molecule has 0 amide bonds. The van der Waals surface area contributed by atoms with Gasteiger partial charge in [-0.3, -0.25) is 4.98 Å². The molecule has 20 heavy (non-hydrogen) atoms. The third-order valence-corrected chi connectivity index (χ3v) is 3.20. The van der Waals surface area contributed by atoms with Crippen LogP contribution in [-0.2, 0) is 0 Å². The molecule has 0 atom stereocenters. The molecule has 1 N–H and O–H groups in total. The van der Waals surface area contributed by atoms with E-state index in [9.17, 15) is 9.90 Å². The van der Waals surface area contributed by atoms with Crippen LogP contribution in [0.2, 0.25) is 0 Å². The lowest BCUT2D eigenvalue weighted by molar-refractivity contribution is 0.0699. The quantitative estimate of drug-likeness (QED) is 0.771. The highest BCUT2D eigenvalue weighted by atomic mass is 16.4. The van der Waals surface area contributed by atoms with Crippen LogP contribution in [0.3, 0.4) is 0 Å². The Balaban J connectivity index is 2.36. The van der Waals surface area contributed by atoms with E-state index < -0.39 is 5.97 Å². The molecule has 4 heteroatoms. The summed E-state index contributed by atoms with van der Waals surface area (Å²) in [6, 6.07) is 12.6. The number of benzene rings is 1. The molecule has 3 aromatic rings. The highest BCUT2D eigenvalue weighted by molar-refractivity contribution is 6.04. The van der Waals surface area contributed by atoms with Crippen molar-refractivity contribution in [3.63, 3.8) is 0 Å². The topological polar surface area (TPSA) is 63.1 Å². The average molecular weight is 264 g/mol. The molecule has 3 rings (SSSR count). The SMILES string of the molecule is Cc1cccc2c(C(=O)O)cc(-c3ccccn3)nc12. The van der Waals surface area contributed by atoms with E-state index in [0.29, 0.717) is 22.3 Å². The average Bonchev–Trinajstić information content (AvgIpc) is 2.47. The second-order valence-electron chi connectivity index (χ2n) is 4.55. The first kappa shape index (κ1) is 12.3. The van der Waals surface area contributed by atoms with Crippen LogP contribution in [0.1, 0.15) is 15.9 Å². The van der Waals surface area contributed by atoms with Crippen molar-refractivity contribution in [2.75, 3.05) is 0 Å². The number of aryl methyl sites for hydroxylation is 1. The summed E-state index contributed by atoms with van der Waals surface area (Å²) < 4.78 is 0. The highest BCUT2D eigenvalue weighted by Gasteiger charge is 2.14. The van der Waals surface area contributed by atoms with Gasteiger partial charge < -0.3 is 5.11 Å². The second-order valence-corrected chi connectivity index (χ2v) is 4.55. The molecule has 4 nitrogen and oxygen atoms in total. The third kappa shape index (κ3) is 2.01. The number of carboxylic acid groups (broad SMARTS) is 1. The minimum absolute atomic E-state index is 0.249. The van der Waals surface area contributed by atoms with Crippen LogP contribution in [0, 0.1) is 6.92 Å². The molecule has 0 fully saturated rings. The van der Waals surface area contributed by atoms with E-state index in [4.69, 9.17) is 0 Å². The maximum Gasteiger partial charge on any atom is 0.336 e. The van der Waals surface area contributed by atoms with Gasteiger partial charge in [-0.15, -0.1) is 0 Å². The number of aromatic nitrogens is 2. The van der Waals surface area contributed by atoms with Crippen molar-refractivity contribution < 1.29 is 9.90 Å². The fourth-order valence-electron chi connectivity index (χ4n) is 2.21. The molecule has 0 bridgehead atoms. The molecular formula is C16H12N2O2. The molecular weight excluding hydrogens is 252 g/mol. The minimum atomic E-state index is -0.958. The van der Waals surface area contributed by atoms with Gasteiger partial charge in [-0.25, -0.2) is 9.78 Å². The van der Waals surface area contributed by atoms with Crippen LogP contribution in [0.25, 0.3) is 22.3 Å². The predicted octanol–water partition coefficient (Wildman–Crippen LogP) is 3.30. The number of rotatable bonds is 2. The third-order valence-electron chi connectivity index (χ3n) is 3.20. The summed E-state index contributed by atoms with van der Waals surface area (Å²) in [5, 5.41) is 10.0. The number of pyridine rings is 2. The van der Waals surface area contributed by atoms with Gasteiger partial charge >= 0.3 is 5.97 Å². The van der Waals surface area contributed by atoms with Crippen molar-refractivity contribution in [3.05, 3.63) is 59.8 Å². The van der Waals surface area contributed by atoms with Crippen molar-refractivity contribution in [1.29, 1.82) is 0 Å². The molecule has 0 unspecified atom stereocenters. The normalized spacial score (nSPS) is 10.7. The molecule has 0 aliphatic carbocycles. The molecule has 0 spiro atoms. The van der Waals surface area contributed by atoms with Gasteiger partial charge in [0.1, 0.15) is 0 Å².